The summed E-state index contributed by atoms with van der Waals surface area (Å²) in [5.74, 6) is 0.422. The Kier molecular flexibility index (Phi) is 4.13. The molecular formula is C16H19FN2O. The van der Waals surface area contributed by atoms with Gasteiger partial charge >= 0.3 is 0 Å². The number of anilines is 3. The molecule has 0 spiro atoms. The second-order valence-corrected chi connectivity index (χ2v) is 5.10. The van der Waals surface area contributed by atoms with Gasteiger partial charge < -0.3 is 15.8 Å². The molecule has 0 unspecified atom stereocenters. The first kappa shape index (κ1) is 14.2. The zero-order chi connectivity index (χ0) is 14.7. The Morgan fingerprint density at radius 2 is 1.75 bits per heavy atom. The molecule has 0 aliphatic heterocycles. The molecule has 2 rings (SSSR count). The van der Waals surface area contributed by atoms with E-state index in [9.17, 15) is 4.39 Å². The predicted octanol–water partition coefficient (Wildman–Crippen LogP) is 4.25. The summed E-state index contributed by atoms with van der Waals surface area (Å²) in [7, 11) is 0. The van der Waals surface area contributed by atoms with Crippen LogP contribution in [0.25, 0.3) is 0 Å². The summed E-state index contributed by atoms with van der Waals surface area (Å²) in [5, 5.41) is 3.14. The summed E-state index contributed by atoms with van der Waals surface area (Å²) in [4.78, 5) is 0. The van der Waals surface area contributed by atoms with Crippen molar-refractivity contribution in [3.05, 3.63) is 47.8 Å². The third-order valence-corrected chi connectivity index (χ3v) is 2.63. The minimum absolute atomic E-state index is 0.0704. The summed E-state index contributed by atoms with van der Waals surface area (Å²) in [5.41, 5.74) is 8.76. The van der Waals surface area contributed by atoms with Gasteiger partial charge in [0.1, 0.15) is 11.6 Å². The van der Waals surface area contributed by atoms with E-state index in [2.05, 4.69) is 5.32 Å². The number of ether oxygens (including phenoxy) is 1. The van der Waals surface area contributed by atoms with E-state index in [4.69, 9.17) is 10.5 Å². The summed E-state index contributed by atoms with van der Waals surface area (Å²) >= 11 is 0. The van der Waals surface area contributed by atoms with E-state index in [0.29, 0.717) is 17.1 Å². The number of rotatable bonds is 4. The number of halogens is 1. The molecular weight excluding hydrogens is 255 g/mol. The maximum absolute atomic E-state index is 13.4. The van der Waals surface area contributed by atoms with Crippen LogP contribution in [0.5, 0.6) is 5.75 Å². The van der Waals surface area contributed by atoms with Crippen molar-refractivity contribution in [1.82, 2.24) is 0 Å². The molecule has 20 heavy (non-hydrogen) atoms. The van der Waals surface area contributed by atoms with Gasteiger partial charge in [-0.2, -0.15) is 0 Å². The lowest BCUT2D eigenvalue weighted by Crippen LogP contribution is -2.06. The van der Waals surface area contributed by atoms with Gasteiger partial charge in [-0.25, -0.2) is 4.39 Å². The molecule has 4 heteroatoms. The molecule has 0 aliphatic rings. The summed E-state index contributed by atoms with van der Waals surface area (Å²) in [6.07, 6.45) is 0.0704. The number of aryl methyl sites for hydroxylation is 1. The number of nitrogens with two attached hydrogens (primary N) is 1. The van der Waals surface area contributed by atoms with Crippen LogP contribution in [-0.2, 0) is 0 Å². The fourth-order valence-corrected chi connectivity index (χ4v) is 2.01. The van der Waals surface area contributed by atoms with Crippen molar-refractivity contribution in [2.75, 3.05) is 11.1 Å². The van der Waals surface area contributed by atoms with Crippen molar-refractivity contribution >= 4 is 17.1 Å². The topological polar surface area (TPSA) is 47.3 Å². The van der Waals surface area contributed by atoms with Crippen molar-refractivity contribution in [2.24, 2.45) is 0 Å². The third kappa shape index (κ3) is 3.88. The van der Waals surface area contributed by atoms with Crippen LogP contribution < -0.4 is 15.8 Å². The maximum Gasteiger partial charge on any atom is 0.125 e. The maximum atomic E-state index is 13.4. The lowest BCUT2D eigenvalue weighted by atomic mass is 10.2. The number of nitrogens with one attached hydrogen (secondary N) is 1. The zero-order valence-corrected chi connectivity index (χ0v) is 11.9. The molecule has 0 fully saturated rings. The quantitative estimate of drug-likeness (QED) is 0.819. The van der Waals surface area contributed by atoms with Crippen molar-refractivity contribution in [3.63, 3.8) is 0 Å². The standard InChI is InChI=1S/C16H19FN2O/c1-10(2)20-16-8-13(18)7-15(9-16)19-14-5-11(3)4-12(17)6-14/h4-10,19H,18H2,1-3H3. The van der Waals surface area contributed by atoms with E-state index >= 15 is 0 Å². The minimum Gasteiger partial charge on any atom is -0.491 e. The highest BCUT2D eigenvalue weighted by molar-refractivity contribution is 5.66. The molecule has 0 bridgehead atoms. The Morgan fingerprint density at radius 3 is 2.40 bits per heavy atom. The Hall–Kier alpha value is -2.23. The highest BCUT2D eigenvalue weighted by Gasteiger charge is 2.04. The number of hydrogen-bond acceptors (Lipinski definition) is 3. The number of nitrogen functional groups attached to an aromatic ring is 1. The molecule has 0 saturated heterocycles. The molecule has 0 atom stereocenters. The fourth-order valence-electron chi connectivity index (χ4n) is 2.01. The van der Waals surface area contributed by atoms with Gasteiger partial charge in [-0.15, -0.1) is 0 Å². The minimum atomic E-state index is -0.268. The Balaban J connectivity index is 2.26. The van der Waals surface area contributed by atoms with Gasteiger partial charge in [0, 0.05) is 29.2 Å². The summed E-state index contributed by atoms with van der Waals surface area (Å²) in [6.45, 7) is 5.75. The summed E-state index contributed by atoms with van der Waals surface area (Å²) < 4.78 is 19.0. The average molecular weight is 274 g/mol. The average Bonchev–Trinajstić information content (AvgIpc) is 2.24. The SMILES string of the molecule is Cc1cc(F)cc(Nc2cc(N)cc(OC(C)C)c2)c1. The van der Waals surface area contributed by atoms with Crippen LogP contribution >= 0.6 is 0 Å². The molecule has 2 aromatic rings. The van der Waals surface area contributed by atoms with Crippen LogP contribution in [-0.4, -0.2) is 6.10 Å². The summed E-state index contributed by atoms with van der Waals surface area (Å²) in [6, 6.07) is 10.2. The first-order chi connectivity index (χ1) is 9.42. The molecule has 0 heterocycles. The van der Waals surface area contributed by atoms with Crippen molar-refractivity contribution < 1.29 is 9.13 Å². The Labute approximate surface area is 118 Å². The van der Waals surface area contributed by atoms with Gasteiger partial charge in [0.2, 0.25) is 0 Å². The second kappa shape index (κ2) is 5.82. The van der Waals surface area contributed by atoms with Crippen LogP contribution in [0.3, 0.4) is 0 Å². The van der Waals surface area contributed by atoms with E-state index in [0.717, 1.165) is 11.3 Å². The molecule has 0 aromatic heterocycles. The fraction of sp³-hybridized carbons (Fsp3) is 0.250. The van der Waals surface area contributed by atoms with Crippen LogP contribution in [0.2, 0.25) is 0 Å². The smallest absolute Gasteiger partial charge is 0.125 e. The van der Waals surface area contributed by atoms with E-state index in [1.54, 1.807) is 12.1 Å². The van der Waals surface area contributed by atoms with Gasteiger partial charge in [-0.1, -0.05) is 0 Å². The highest BCUT2D eigenvalue weighted by atomic mass is 19.1. The van der Waals surface area contributed by atoms with E-state index < -0.39 is 0 Å². The first-order valence-electron chi connectivity index (χ1n) is 6.54. The molecule has 0 radical (unpaired) electrons. The van der Waals surface area contributed by atoms with E-state index in [1.165, 1.54) is 12.1 Å². The highest BCUT2D eigenvalue weighted by Crippen LogP contribution is 2.26. The molecule has 0 saturated carbocycles. The molecule has 106 valence electrons. The van der Waals surface area contributed by atoms with Gasteiger partial charge in [0.25, 0.3) is 0 Å². The van der Waals surface area contributed by atoms with E-state index in [-0.39, 0.29) is 11.9 Å². The van der Waals surface area contributed by atoms with Crippen molar-refractivity contribution in [2.45, 2.75) is 26.9 Å². The monoisotopic (exact) mass is 274 g/mol. The van der Waals surface area contributed by atoms with Crippen LogP contribution in [0.15, 0.2) is 36.4 Å². The zero-order valence-electron chi connectivity index (χ0n) is 11.9. The lowest BCUT2D eigenvalue weighted by molar-refractivity contribution is 0.242. The van der Waals surface area contributed by atoms with Crippen LogP contribution in [0.4, 0.5) is 21.5 Å². The Morgan fingerprint density at radius 1 is 1.05 bits per heavy atom. The molecule has 3 N–H and O–H groups in total. The molecule has 2 aromatic carbocycles. The lowest BCUT2D eigenvalue weighted by Gasteiger charge is -2.13. The van der Waals surface area contributed by atoms with Gasteiger partial charge in [0.15, 0.2) is 0 Å². The van der Waals surface area contributed by atoms with E-state index in [1.807, 2.05) is 32.9 Å². The van der Waals surface area contributed by atoms with Crippen molar-refractivity contribution in [3.8, 4) is 5.75 Å². The van der Waals surface area contributed by atoms with Crippen molar-refractivity contribution in [1.29, 1.82) is 0 Å². The van der Waals surface area contributed by atoms with Gasteiger partial charge in [-0.05, 0) is 50.6 Å². The number of hydrogen-bond donors (Lipinski definition) is 2. The van der Waals surface area contributed by atoms with Gasteiger partial charge in [0.05, 0.1) is 6.10 Å². The largest absolute Gasteiger partial charge is 0.491 e. The van der Waals surface area contributed by atoms with Gasteiger partial charge in [-0.3, -0.25) is 0 Å². The second-order valence-electron chi connectivity index (χ2n) is 5.10. The Bertz CT molecular complexity index is 591. The number of benzene rings is 2. The third-order valence-electron chi connectivity index (χ3n) is 2.63. The first-order valence-corrected chi connectivity index (χ1v) is 6.54. The molecule has 3 nitrogen and oxygen atoms in total. The van der Waals surface area contributed by atoms with Crippen LogP contribution in [0, 0.1) is 12.7 Å². The molecule has 0 amide bonds. The predicted molar refractivity (Wildman–Crippen MR) is 81.0 cm³/mol. The molecule has 0 aliphatic carbocycles. The normalized spacial score (nSPS) is 10.7. The van der Waals surface area contributed by atoms with Crippen LogP contribution in [0.1, 0.15) is 19.4 Å².